The van der Waals surface area contributed by atoms with Gasteiger partial charge in [0.25, 0.3) is 0 Å². The number of hydrogen-bond acceptors (Lipinski definition) is 8. The Balaban J connectivity index is 1.89. The molecule has 0 aliphatic rings. The predicted molar refractivity (Wildman–Crippen MR) is 122 cm³/mol. The first-order valence-corrected chi connectivity index (χ1v) is 10.4. The van der Waals surface area contributed by atoms with E-state index in [0.717, 1.165) is 22.9 Å². The highest BCUT2D eigenvalue weighted by Crippen LogP contribution is 2.33. The minimum Gasteiger partial charge on any atom is -0.497 e. The van der Waals surface area contributed by atoms with Gasteiger partial charge in [0.1, 0.15) is 17.1 Å². The van der Waals surface area contributed by atoms with Gasteiger partial charge in [-0.1, -0.05) is 0 Å². The largest absolute Gasteiger partial charge is 0.497 e. The number of nitrogens with zero attached hydrogens (tertiary/aromatic N) is 5. The monoisotopic (exact) mass is 518 g/mol. The maximum atomic E-state index is 13.9. The number of aryl methyl sites for hydroxylation is 1. The SMILES string of the molecule is COc1cc(F)cc(Nc2ncc(-c3cnc(OC)c(C(=O)O)c3)c(-n3nc(C(F)(F)F)cc3C)n2)c1. The van der Waals surface area contributed by atoms with Gasteiger partial charge in [-0.3, -0.25) is 0 Å². The summed E-state index contributed by atoms with van der Waals surface area (Å²) in [5, 5.41) is 15.9. The second kappa shape index (κ2) is 9.72. The molecule has 0 aliphatic heterocycles. The van der Waals surface area contributed by atoms with Gasteiger partial charge in [-0.25, -0.2) is 23.8 Å². The zero-order chi connectivity index (χ0) is 26.9. The fraction of sp³-hybridized carbons (Fsp3) is 0.174. The third-order valence-corrected chi connectivity index (χ3v) is 5.10. The van der Waals surface area contributed by atoms with Crippen LogP contribution in [0.5, 0.6) is 11.6 Å². The molecule has 1 aromatic carbocycles. The van der Waals surface area contributed by atoms with Crippen molar-refractivity contribution < 1.29 is 36.9 Å². The Labute approximate surface area is 206 Å². The fourth-order valence-corrected chi connectivity index (χ4v) is 3.42. The van der Waals surface area contributed by atoms with Gasteiger partial charge in [0.15, 0.2) is 11.5 Å². The Morgan fingerprint density at radius 3 is 2.43 bits per heavy atom. The lowest BCUT2D eigenvalue weighted by atomic mass is 10.1. The molecule has 0 saturated carbocycles. The highest BCUT2D eigenvalue weighted by Gasteiger charge is 2.35. The zero-order valence-electron chi connectivity index (χ0n) is 19.5. The van der Waals surface area contributed by atoms with Crippen LogP contribution in [0, 0.1) is 12.7 Å². The van der Waals surface area contributed by atoms with Crippen LogP contribution < -0.4 is 14.8 Å². The zero-order valence-corrected chi connectivity index (χ0v) is 19.5. The number of nitrogens with one attached hydrogen (secondary N) is 1. The second-order valence-electron chi connectivity index (χ2n) is 7.60. The van der Waals surface area contributed by atoms with E-state index in [1.54, 1.807) is 0 Å². The summed E-state index contributed by atoms with van der Waals surface area (Å²) in [7, 11) is 2.60. The Hall–Kier alpha value is -4.75. The second-order valence-corrected chi connectivity index (χ2v) is 7.60. The highest BCUT2D eigenvalue weighted by molar-refractivity contribution is 5.92. The summed E-state index contributed by atoms with van der Waals surface area (Å²) in [6, 6.07) is 5.83. The molecule has 192 valence electrons. The number of carboxylic acids is 1. The van der Waals surface area contributed by atoms with Crippen LogP contribution >= 0.6 is 0 Å². The standard InChI is InChI=1S/C23H18F4N6O4/c1-11-4-18(23(25,26)27)32-33(11)19-17(12-5-16(21(34)35)20(37-3)28-9-12)10-29-22(31-19)30-14-6-13(24)7-15(8-14)36-2/h4-10H,1-3H3,(H,34,35)(H,29,30,31). The van der Waals surface area contributed by atoms with E-state index < -0.39 is 23.7 Å². The van der Waals surface area contributed by atoms with Crippen LogP contribution in [0.2, 0.25) is 0 Å². The summed E-state index contributed by atoms with van der Waals surface area (Å²) >= 11 is 0. The van der Waals surface area contributed by atoms with Crippen molar-refractivity contribution in [2.24, 2.45) is 0 Å². The van der Waals surface area contributed by atoms with Gasteiger partial charge in [0.05, 0.1) is 14.2 Å². The maximum Gasteiger partial charge on any atom is 0.435 e. The number of ether oxygens (including phenoxy) is 2. The van der Waals surface area contributed by atoms with Gasteiger partial charge in [-0.05, 0) is 25.1 Å². The minimum absolute atomic E-state index is 0.0885. The molecule has 37 heavy (non-hydrogen) atoms. The van der Waals surface area contributed by atoms with Crippen molar-refractivity contribution in [2.75, 3.05) is 19.5 Å². The number of benzene rings is 1. The Morgan fingerprint density at radius 2 is 1.81 bits per heavy atom. The van der Waals surface area contributed by atoms with E-state index >= 15 is 0 Å². The van der Waals surface area contributed by atoms with Crippen molar-refractivity contribution in [2.45, 2.75) is 13.1 Å². The molecular weight excluding hydrogens is 500 g/mol. The molecule has 2 N–H and O–H groups in total. The highest BCUT2D eigenvalue weighted by atomic mass is 19.4. The number of halogens is 4. The van der Waals surface area contributed by atoms with E-state index in [1.165, 1.54) is 45.7 Å². The summed E-state index contributed by atoms with van der Waals surface area (Å²) in [6.07, 6.45) is -2.20. The van der Waals surface area contributed by atoms with E-state index in [-0.39, 0.29) is 51.5 Å². The number of methoxy groups -OCH3 is 2. The van der Waals surface area contributed by atoms with Crippen LogP contribution in [0.4, 0.5) is 29.2 Å². The first-order chi connectivity index (χ1) is 17.5. The molecule has 3 heterocycles. The molecule has 0 saturated heterocycles. The van der Waals surface area contributed by atoms with Crippen LogP contribution in [0.15, 0.2) is 42.7 Å². The number of carbonyl (C=O) groups is 1. The van der Waals surface area contributed by atoms with Gasteiger partial charge < -0.3 is 19.9 Å². The lowest BCUT2D eigenvalue weighted by Gasteiger charge is -2.14. The van der Waals surface area contributed by atoms with Crippen LogP contribution in [-0.4, -0.2) is 50.0 Å². The average Bonchev–Trinajstić information content (AvgIpc) is 3.25. The smallest absolute Gasteiger partial charge is 0.435 e. The van der Waals surface area contributed by atoms with Crippen molar-refractivity contribution in [1.82, 2.24) is 24.7 Å². The number of aromatic nitrogens is 5. The maximum absolute atomic E-state index is 13.9. The van der Waals surface area contributed by atoms with Gasteiger partial charge in [-0.15, -0.1) is 0 Å². The molecule has 0 amide bonds. The van der Waals surface area contributed by atoms with Crippen molar-refractivity contribution in [1.29, 1.82) is 0 Å². The lowest BCUT2D eigenvalue weighted by molar-refractivity contribution is -0.141. The molecule has 3 aromatic heterocycles. The fourth-order valence-electron chi connectivity index (χ4n) is 3.42. The molecule has 0 atom stereocenters. The van der Waals surface area contributed by atoms with E-state index in [0.29, 0.717) is 0 Å². The average molecular weight is 518 g/mol. The first kappa shape index (κ1) is 25.3. The Bertz CT molecular complexity index is 1490. The molecule has 0 unspecified atom stereocenters. The van der Waals surface area contributed by atoms with E-state index in [2.05, 4.69) is 25.4 Å². The van der Waals surface area contributed by atoms with Gasteiger partial charge in [0.2, 0.25) is 11.8 Å². The van der Waals surface area contributed by atoms with E-state index in [1.807, 2.05) is 0 Å². The molecule has 4 aromatic rings. The number of aromatic carboxylic acids is 1. The number of pyridine rings is 1. The topological polar surface area (TPSA) is 124 Å². The first-order valence-electron chi connectivity index (χ1n) is 10.4. The summed E-state index contributed by atoms with van der Waals surface area (Å²) in [5.74, 6) is -2.11. The van der Waals surface area contributed by atoms with Gasteiger partial charge in [-0.2, -0.15) is 23.3 Å². The van der Waals surface area contributed by atoms with Crippen molar-refractivity contribution in [3.63, 3.8) is 0 Å². The molecule has 0 radical (unpaired) electrons. The number of hydrogen-bond donors (Lipinski definition) is 2. The van der Waals surface area contributed by atoms with E-state index in [9.17, 15) is 27.5 Å². The number of rotatable bonds is 7. The molecule has 14 heteroatoms. The summed E-state index contributed by atoms with van der Waals surface area (Å²) in [4.78, 5) is 24.1. The number of alkyl halides is 3. The number of anilines is 2. The molecule has 4 rings (SSSR count). The van der Waals surface area contributed by atoms with Crippen LogP contribution in [0.1, 0.15) is 21.7 Å². The molecule has 10 nitrogen and oxygen atoms in total. The van der Waals surface area contributed by atoms with Crippen molar-refractivity contribution in [3.8, 4) is 28.6 Å². The normalized spacial score (nSPS) is 11.3. The van der Waals surface area contributed by atoms with Gasteiger partial charge in [0, 0.05) is 47.0 Å². The lowest BCUT2D eigenvalue weighted by Crippen LogP contribution is -2.11. The van der Waals surface area contributed by atoms with E-state index in [4.69, 9.17) is 9.47 Å². The quantitative estimate of drug-likeness (QED) is 0.337. The molecule has 0 spiro atoms. The Kier molecular flexibility index (Phi) is 6.66. The minimum atomic E-state index is -4.72. The molecule has 0 bridgehead atoms. The molecule has 0 aliphatic carbocycles. The van der Waals surface area contributed by atoms with Crippen LogP contribution in [0.25, 0.3) is 16.9 Å². The van der Waals surface area contributed by atoms with Crippen molar-refractivity contribution >= 4 is 17.6 Å². The molecule has 0 fully saturated rings. The van der Waals surface area contributed by atoms with Gasteiger partial charge >= 0.3 is 12.1 Å². The molecular formula is C23H18F4N6O4. The van der Waals surface area contributed by atoms with Crippen molar-refractivity contribution in [3.05, 3.63) is 65.5 Å². The third-order valence-electron chi connectivity index (χ3n) is 5.10. The summed E-state index contributed by atoms with van der Waals surface area (Å²) in [5.41, 5.74) is -0.838. The predicted octanol–water partition coefficient (Wildman–Crippen LogP) is 4.65. The summed E-state index contributed by atoms with van der Waals surface area (Å²) < 4.78 is 65.0. The van der Waals surface area contributed by atoms with Crippen LogP contribution in [-0.2, 0) is 6.18 Å². The third kappa shape index (κ3) is 5.27. The Morgan fingerprint density at radius 1 is 1.05 bits per heavy atom. The number of carboxylic acid groups (broad SMARTS) is 1. The summed E-state index contributed by atoms with van der Waals surface area (Å²) in [6.45, 7) is 1.40. The van der Waals surface area contributed by atoms with Crippen LogP contribution in [0.3, 0.4) is 0 Å².